The van der Waals surface area contributed by atoms with E-state index < -0.39 is 0 Å². The monoisotopic (exact) mass is 776 g/mol. The van der Waals surface area contributed by atoms with Gasteiger partial charge in [0.25, 0.3) is 0 Å². The van der Waals surface area contributed by atoms with Crippen LogP contribution in [0, 0.1) is 0 Å². The van der Waals surface area contributed by atoms with Gasteiger partial charge in [0.2, 0.25) is 5.89 Å². The van der Waals surface area contributed by atoms with Gasteiger partial charge in [-0.3, -0.25) is 0 Å². The van der Waals surface area contributed by atoms with Gasteiger partial charge in [-0.15, -0.1) is 0 Å². The number of nitrogens with zero attached hydrogens (tertiary/aromatic N) is 4. The van der Waals surface area contributed by atoms with Gasteiger partial charge >= 0.3 is 0 Å². The Bertz CT molecular complexity index is 2800. The predicted octanol–water partition coefficient (Wildman–Crippen LogP) is 15.4. The summed E-state index contributed by atoms with van der Waals surface area (Å²) in [5, 5.41) is 2.51. The van der Waals surface area contributed by atoms with Crippen molar-refractivity contribution in [3.8, 4) is 11.5 Å². The fourth-order valence-corrected chi connectivity index (χ4v) is 9.50. The van der Waals surface area contributed by atoms with Gasteiger partial charge in [-0.25, -0.2) is 4.98 Å². The lowest BCUT2D eigenvalue weighted by Gasteiger charge is -2.32. The molecule has 0 radical (unpaired) electrons. The van der Waals surface area contributed by atoms with E-state index in [0.29, 0.717) is 17.9 Å². The van der Waals surface area contributed by atoms with Crippen LogP contribution in [0.15, 0.2) is 211 Å². The van der Waals surface area contributed by atoms with Gasteiger partial charge in [0.15, 0.2) is 5.58 Å². The molecule has 1 aliphatic rings. The lowest BCUT2D eigenvalue weighted by Crippen LogP contribution is -2.18. The summed E-state index contributed by atoms with van der Waals surface area (Å²) in [6, 6.07) is 74.3. The van der Waals surface area contributed by atoms with Crippen molar-refractivity contribution in [3.05, 3.63) is 212 Å². The van der Waals surface area contributed by atoms with Gasteiger partial charge in [-0.2, -0.15) is 0 Å². The Labute approximate surface area is 350 Å². The summed E-state index contributed by atoms with van der Waals surface area (Å²) in [6.45, 7) is 0. The summed E-state index contributed by atoms with van der Waals surface area (Å²) in [5.41, 5.74) is 13.4. The van der Waals surface area contributed by atoms with E-state index in [4.69, 9.17) is 9.40 Å². The Kier molecular flexibility index (Phi) is 9.19. The molecule has 8 aromatic carbocycles. The van der Waals surface area contributed by atoms with E-state index in [0.717, 1.165) is 63.6 Å². The second-order valence-corrected chi connectivity index (χ2v) is 15.9. The number of para-hydroxylation sites is 6. The highest BCUT2D eigenvalue weighted by Gasteiger charge is 2.28. The molecule has 2 atom stereocenters. The van der Waals surface area contributed by atoms with E-state index in [-0.39, 0.29) is 0 Å². The molecule has 0 saturated heterocycles. The molecule has 2 unspecified atom stereocenters. The molecular formula is C55H44N4O. The van der Waals surface area contributed by atoms with Crippen molar-refractivity contribution < 1.29 is 4.42 Å². The van der Waals surface area contributed by atoms with Crippen LogP contribution >= 0.6 is 0 Å². The summed E-state index contributed by atoms with van der Waals surface area (Å²) >= 11 is 0. The second-order valence-electron chi connectivity index (χ2n) is 15.9. The second kappa shape index (κ2) is 15.4. The standard InChI is InChI=1S/C55H44N4O/c1-5-17-42(18-6-1)57(43-19-7-2-8-20-43)47-32-34-52-49(37-47)50-38-48(58(44-21-9-3-10-22-44)45-23-11-4-12-24-45)33-35-53(50)59(52)46-25-15-16-41(36-46)39-28-30-40(31-29-39)55-56-51-26-13-14-27-54(51)60-55/h1-14,17-24,26-35,37-38,41,46H,15-16,25,36H2. The number of aromatic nitrogens is 2. The average molecular weight is 777 g/mol. The summed E-state index contributed by atoms with van der Waals surface area (Å²) in [4.78, 5) is 9.49. The van der Waals surface area contributed by atoms with Crippen molar-refractivity contribution in [1.29, 1.82) is 0 Å². The molecule has 0 amide bonds. The number of benzene rings is 8. The van der Waals surface area contributed by atoms with Gasteiger partial charge in [-0.05, 0) is 140 Å². The SMILES string of the molecule is c1ccc(N(c2ccccc2)c2ccc3c(c2)c2cc(N(c4ccccc4)c4ccccc4)ccc2n3C2CCCC(c3ccc(-c4nc5ccccc5o4)cc3)C2)cc1. The Morgan fingerprint density at radius 2 is 0.950 bits per heavy atom. The third kappa shape index (κ3) is 6.58. The maximum Gasteiger partial charge on any atom is 0.227 e. The molecule has 5 heteroatoms. The van der Waals surface area contributed by atoms with Gasteiger partial charge in [-0.1, -0.05) is 103 Å². The molecule has 2 aromatic heterocycles. The molecule has 0 aliphatic heterocycles. The van der Waals surface area contributed by atoms with Crippen LogP contribution in [0.3, 0.4) is 0 Å². The minimum Gasteiger partial charge on any atom is -0.436 e. The van der Waals surface area contributed by atoms with Crippen LogP contribution in [0.25, 0.3) is 44.4 Å². The zero-order valence-electron chi connectivity index (χ0n) is 33.3. The first kappa shape index (κ1) is 35.8. The number of rotatable bonds is 9. The van der Waals surface area contributed by atoms with Gasteiger partial charge in [0.1, 0.15) is 5.52 Å². The number of hydrogen-bond acceptors (Lipinski definition) is 4. The minimum atomic E-state index is 0.343. The lowest BCUT2D eigenvalue weighted by molar-refractivity contribution is 0.331. The van der Waals surface area contributed by atoms with Crippen LogP contribution in [-0.2, 0) is 0 Å². The van der Waals surface area contributed by atoms with Crippen molar-refractivity contribution in [1.82, 2.24) is 9.55 Å². The van der Waals surface area contributed by atoms with Gasteiger partial charge < -0.3 is 18.8 Å². The molecule has 1 fully saturated rings. The maximum atomic E-state index is 6.11. The Morgan fingerprint density at radius 3 is 1.45 bits per heavy atom. The normalized spacial score (nSPS) is 15.4. The van der Waals surface area contributed by atoms with Crippen molar-refractivity contribution in [3.63, 3.8) is 0 Å². The molecule has 1 aliphatic carbocycles. The van der Waals surface area contributed by atoms with Crippen LogP contribution in [0.2, 0.25) is 0 Å². The van der Waals surface area contributed by atoms with Gasteiger partial charge in [0.05, 0.1) is 0 Å². The minimum absolute atomic E-state index is 0.343. The van der Waals surface area contributed by atoms with E-state index in [1.165, 1.54) is 40.2 Å². The first-order chi connectivity index (χ1) is 29.7. The average Bonchev–Trinajstić information content (AvgIpc) is 3.90. The third-order valence-corrected chi connectivity index (χ3v) is 12.3. The highest BCUT2D eigenvalue weighted by molar-refractivity contribution is 6.11. The Balaban J connectivity index is 1.03. The molecule has 5 nitrogen and oxygen atoms in total. The van der Waals surface area contributed by atoms with Crippen LogP contribution in [-0.4, -0.2) is 9.55 Å². The number of fused-ring (bicyclic) bond motifs is 4. The van der Waals surface area contributed by atoms with E-state index in [1.807, 2.05) is 24.3 Å². The van der Waals surface area contributed by atoms with E-state index >= 15 is 0 Å². The smallest absolute Gasteiger partial charge is 0.227 e. The van der Waals surface area contributed by atoms with Crippen LogP contribution in [0.4, 0.5) is 34.1 Å². The summed E-state index contributed by atoms with van der Waals surface area (Å²) in [5.74, 6) is 1.12. The molecular weight excluding hydrogens is 733 g/mol. The quantitative estimate of drug-likeness (QED) is 0.146. The molecule has 290 valence electrons. The first-order valence-corrected chi connectivity index (χ1v) is 21.1. The summed E-state index contributed by atoms with van der Waals surface area (Å²) in [6.07, 6.45) is 4.56. The van der Waals surface area contributed by atoms with E-state index in [2.05, 4.69) is 196 Å². The molecule has 0 bridgehead atoms. The highest BCUT2D eigenvalue weighted by Crippen LogP contribution is 2.46. The summed E-state index contributed by atoms with van der Waals surface area (Å²) in [7, 11) is 0. The predicted molar refractivity (Wildman–Crippen MR) is 249 cm³/mol. The van der Waals surface area contributed by atoms with Crippen molar-refractivity contribution in [2.75, 3.05) is 9.80 Å². The lowest BCUT2D eigenvalue weighted by atomic mass is 9.81. The van der Waals surface area contributed by atoms with E-state index in [9.17, 15) is 0 Å². The molecule has 0 N–H and O–H groups in total. The number of hydrogen-bond donors (Lipinski definition) is 0. The molecule has 2 heterocycles. The molecule has 0 spiro atoms. The van der Waals surface area contributed by atoms with E-state index in [1.54, 1.807) is 0 Å². The maximum absolute atomic E-state index is 6.11. The topological polar surface area (TPSA) is 37.4 Å². The number of oxazole rings is 1. The third-order valence-electron chi connectivity index (χ3n) is 12.3. The highest BCUT2D eigenvalue weighted by atomic mass is 16.3. The molecule has 10 aromatic rings. The van der Waals surface area contributed by atoms with Gasteiger partial charge in [0, 0.05) is 67.5 Å². The van der Waals surface area contributed by atoms with Crippen molar-refractivity contribution in [2.45, 2.75) is 37.6 Å². The first-order valence-electron chi connectivity index (χ1n) is 21.1. The van der Waals surface area contributed by atoms with Crippen LogP contribution < -0.4 is 9.80 Å². The Hall–Kier alpha value is -7.37. The number of anilines is 6. The summed E-state index contributed by atoms with van der Waals surface area (Å²) < 4.78 is 8.78. The zero-order chi connectivity index (χ0) is 39.8. The fraction of sp³-hybridized carbons (Fsp3) is 0.109. The molecule has 1 saturated carbocycles. The Morgan fingerprint density at radius 1 is 0.467 bits per heavy atom. The van der Waals surface area contributed by atoms with Crippen molar-refractivity contribution in [2.24, 2.45) is 0 Å². The van der Waals surface area contributed by atoms with Crippen LogP contribution in [0.1, 0.15) is 43.2 Å². The molecule has 11 rings (SSSR count). The fourth-order valence-electron chi connectivity index (χ4n) is 9.50. The largest absolute Gasteiger partial charge is 0.436 e. The zero-order valence-corrected chi connectivity index (χ0v) is 33.3. The van der Waals surface area contributed by atoms with Crippen molar-refractivity contribution >= 4 is 67.0 Å². The van der Waals surface area contributed by atoms with Crippen LogP contribution in [0.5, 0.6) is 0 Å². The molecule has 60 heavy (non-hydrogen) atoms.